The molecule has 8 nitrogen and oxygen atoms in total. The van der Waals surface area contributed by atoms with Crippen molar-refractivity contribution in [3.05, 3.63) is 59.4 Å². The van der Waals surface area contributed by atoms with Gasteiger partial charge in [-0.05, 0) is 49.6 Å². The number of amides is 2. The summed E-state index contributed by atoms with van der Waals surface area (Å²) in [4.78, 5) is 42.6. The van der Waals surface area contributed by atoms with Crippen molar-refractivity contribution in [1.29, 1.82) is 0 Å². The molecule has 2 amide bonds. The van der Waals surface area contributed by atoms with E-state index in [2.05, 4.69) is 35.6 Å². The van der Waals surface area contributed by atoms with E-state index in [9.17, 15) is 9.59 Å². The predicted molar refractivity (Wildman–Crippen MR) is 166 cm³/mol. The van der Waals surface area contributed by atoms with Crippen molar-refractivity contribution in [3.8, 4) is 11.3 Å². The lowest BCUT2D eigenvalue weighted by Crippen LogP contribution is -2.56. The van der Waals surface area contributed by atoms with Crippen LogP contribution in [0, 0.1) is 17.7 Å². The normalized spacial score (nSPS) is 23.0. The first-order chi connectivity index (χ1) is 19.7. The molecular formula is C30H36ClFN6O2S. The molecule has 11 heteroatoms. The Morgan fingerprint density at radius 1 is 1.32 bits per heavy atom. The zero-order valence-corrected chi connectivity index (χ0v) is 25.3. The SMILES string of the molecule is C=CC(=O)N1CCN(C(=NC2C(SC)N=CCC2C(C)C)c2cc(F)c(-c3ccccc3Cl)nc2NC=O)C(C)C1. The maximum absolute atomic E-state index is 15.9. The lowest BCUT2D eigenvalue weighted by Gasteiger charge is -2.42. The van der Waals surface area contributed by atoms with Gasteiger partial charge in [0.15, 0.2) is 0 Å². The van der Waals surface area contributed by atoms with E-state index < -0.39 is 5.82 Å². The minimum atomic E-state index is -0.589. The van der Waals surface area contributed by atoms with Gasteiger partial charge in [0.1, 0.15) is 28.5 Å². The summed E-state index contributed by atoms with van der Waals surface area (Å²) in [6.45, 7) is 11.3. The fourth-order valence-corrected chi connectivity index (χ4v) is 6.43. The number of halogens is 2. The Hall–Kier alpha value is -3.24. The molecule has 0 aliphatic carbocycles. The number of piperazine rings is 1. The summed E-state index contributed by atoms with van der Waals surface area (Å²) in [5.41, 5.74) is 0.805. The molecule has 2 aromatic rings. The first kappa shape index (κ1) is 30.7. The molecular weight excluding hydrogens is 563 g/mol. The Morgan fingerprint density at radius 2 is 2.07 bits per heavy atom. The van der Waals surface area contributed by atoms with Gasteiger partial charge in [0.05, 0.1) is 16.6 Å². The van der Waals surface area contributed by atoms with Crippen molar-refractivity contribution in [2.24, 2.45) is 21.8 Å². The Labute approximate surface area is 250 Å². The average Bonchev–Trinajstić information content (AvgIpc) is 2.96. The Bertz CT molecular complexity index is 1350. The van der Waals surface area contributed by atoms with E-state index in [0.29, 0.717) is 53.9 Å². The zero-order chi connectivity index (χ0) is 29.7. The molecule has 0 saturated carbocycles. The van der Waals surface area contributed by atoms with Crippen LogP contribution in [0.1, 0.15) is 32.8 Å². The second kappa shape index (κ2) is 13.6. The van der Waals surface area contributed by atoms with Crippen LogP contribution in [0.5, 0.6) is 0 Å². The molecule has 4 rings (SSSR count). The molecule has 1 N–H and O–H groups in total. The van der Waals surface area contributed by atoms with Gasteiger partial charge < -0.3 is 15.1 Å². The van der Waals surface area contributed by atoms with E-state index in [1.807, 2.05) is 19.4 Å². The second-order valence-electron chi connectivity index (χ2n) is 10.5. The molecule has 2 aliphatic rings. The lowest BCUT2D eigenvalue weighted by atomic mass is 9.84. The van der Waals surface area contributed by atoms with Crippen LogP contribution in [0.15, 0.2) is 53.0 Å². The van der Waals surface area contributed by atoms with Crippen molar-refractivity contribution < 1.29 is 14.0 Å². The first-order valence-corrected chi connectivity index (χ1v) is 15.3. The van der Waals surface area contributed by atoms with E-state index in [1.54, 1.807) is 40.9 Å². The predicted octanol–water partition coefficient (Wildman–Crippen LogP) is 5.38. The van der Waals surface area contributed by atoms with Crippen LogP contribution in [0.2, 0.25) is 5.02 Å². The van der Waals surface area contributed by atoms with E-state index in [0.717, 1.165) is 6.42 Å². The molecule has 218 valence electrons. The van der Waals surface area contributed by atoms with Gasteiger partial charge in [-0.1, -0.05) is 50.2 Å². The first-order valence-electron chi connectivity index (χ1n) is 13.7. The van der Waals surface area contributed by atoms with Crippen LogP contribution in [0.4, 0.5) is 10.2 Å². The Morgan fingerprint density at radius 3 is 2.71 bits per heavy atom. The third-order valence-corrected chi connectivity index (χ3v) is 8.87. The van der Waals surface area contributed by atoms with Crippen molar-refractivity contribution >= 4 is 53.5 Å². The largest absolute Gasteiger partial charge is 0.350 e. The summed E-state index contributed by atoms with van der Waals surface area (Å²) >= 11 is 8.00. The number of thioether (sulfide) groups is 1. The van der Waals surface area contributed by atoms with Crippen molar-refractivity contribution in [3.63, 3.8) is 0 Å². The molecule has 3 heterocycles. The number of carbonyl (C=O) groups excluding carboxylic acids is 2. The quantitative estimate of drug-likeness (QED) is 0.191. The van der Waals surface area contributed by atoms with E-state index >= 15 is 4.39 Å². The molecule has 41 heavy (non-hydrogen) atoms. The van der Waals surface area contributed by atoms with Gasteiger partial charge >= 0.3 is 0 Å². The fraction of sp³-hybridized carbons (Fsp3) is 0.433. The summed E-state index contributed by atoms with van der Waals surface area (Å²) in [5, 5.41) is 2.90. The summed E-state index contributed by atoms with van der Waals surface area (Å²) < 4.78 is 15.9. The third-order valence-electron chi connectivity index (χ3n) is 7.66. The molecule has 1 saturated heterocycles. The molecule has 1 aromatic heterocycles. The fourth-order valence-electron chi connectivity index (χ4n) is 5.46. The summed E-state index contributed by atoms with van der Waals surface area (Å²) in [7, 11) is 0. The highest BCUT2D eigenvalue weighted by Gasteiger charge is 2.36. The van der Waals surface area contributed by atoms with Gasteiger partial charge in [0, 0.05) is 37.5 Å². The molecule has 1 fully saturated rings. The number of rotatable bonds is 8. The van der Waals surface area contributed by atoms with Crippen LogP contribution in [0.25, 0.3) is 11.3 Å². The number of aromatic nitrogens is 1. The van der Waals surface area contributed by atoms with Gasteiger partial charge in [0.2, 0.25) is 12.3 Å². The Kier molecular flexibility index (Phi) is 10.2. The molecule has 1 aromatic carbocycles. The smallest absolute Gasteiger partial charge is 0.246 e. The molecule has 4 unspecified atom stereocenters. The highest BCUT2D eigenvalue weighted by Crippen LogP contribution is 2.35. The van der Waals surface area contributed by atoms with E-state index in [1.165, 1.54) is 12.1 Å². The standard InChI is InChI=1S/C30H36ClFN6O2S/c1-6-25(40)37-13-14-38(19(4)16-37)29(36-27-20(18(2)3)11-12-33-30(27)41-5)22-15-24(32)26(35-28(22)34-17-39)21-9-7-8-10-23(21)31/h6-10,12,15,17-20,27,30H,1,11,13-14,16H2,2-5H3,(H,34,35,39). The molecule has 2 aliphatic heterocycles. The monoisotopic (exact) mass is 598 g/mol. The van der Waals surface area contributed by atoms with Crippen LogP contribution in [-0.4, -0.2) is 82.5 Å². The average molecular weight is 599 g/mol. The molecule has 0 bridgehead atoms. The number of nitrogens with zero attached hydrogens (tertiary/aromatic N) is 5. The molecule has 0 spiro atoms. The van der Waals surface area contributed by atoms with E-state index in [4.69, 9.17) is 21.6 Å². The van der Waals surface area contributed by atoms with Gasteiger partial charge in [0.25, 0.3) is 0 Å². The number of amidine groups is 1. The van der Waals surface area contributed by atoms with Crippen LogP contribution < -0.4 is 5.32 Å². The van der Waals surface area contributed by atoms with Gasteiger partial charge in [-0.3, -0.25) is 19.6 Å². The summed E-state index contributed by atoms with van der Waals surface area (Å²) in [5.74, 6) is 0.495. The van der Waals surface area contributed by atoms with Crippen LogP contribution in [0.3, 0.4) is 0 Å². The van der Waals surface area contributed by atoms with Gasteiger partial charge in [-0.25, -0.2) is 9.37 Å². The number of anilines is 1. The number of hydrogen-bond donors (Lipinski definition) is 1. The summed E-state index contributed by atoms with van der Waals surface area (Å²) in [6.07, 6.45) is 6.60. The number of pyridine rings is 1. The van der Waals surface area contributed by atoms with Crippen LogP contribution in [-0.2, 0) is 9.59 Å². The molecule has 0 radical (unpaired) electrons. The highest BCUT2D eigenvalue weighted by atomic mass is 35.5. The molecule has 4 atom stereocenters. The summed E-state index contributed by atoms with van der Waals surface area (Å²) in [6, 6.07) is 7.87. The van der Waals surface area contributed by atoms with Crippen molar-refractivity contribution in [2.75, 3.05) is 31.2 Å². The van der Waals surface area contributed by atoms with Gasteiger partial charge in [-0.2, -0.15) is 0 Å². The van der Waals surface area contributed by atoms with Gasteiger partial charge in [-0.15, -0.1) is 11.8 Å². The van der Waals surface area contributed by atoms with Crippen molar-refractivity contribution in [2.45, 2.75) is 44.6 Å². The minimum Gasteiger partial charge on any atom is -0.350 e. The number of benzene rings is 1. The lowest BCUT2D eigenvalue weighted by molar-refractivity contribution is -0.128. The maximum Gasteiger partial charge on any atom is 0.246 e. The number of carbonyl (C=O) groups is 2. The van der Waals surface area contributed by atoms with E-state index in [-0.39, 0.29) is 40.8 Å². The number of hydrogen-bond acceptors (Lipinski definition) is 6. The highest BCUT2D eigenvalue weighted by molar-refractivity contribution is 7.99. The number of aliphatic imine (C=N–C) groups is 2. The van der Waals surface area contributed by atoms with Crippen LogP contribution >= 0.6 is 23.4 Å². The maximum atomic E-state index is 15.9. The number of nitrogens with one attached hydrogen (secondary N) is 1. The topological polar surface area (TPSA) is 90.3 Å². The van der Waals surface area contributed by atoms with Crippen molar-refractivity contribution in [1.82, 2.24) is 14.8 Å². The minimum absolute atomic E-state index is 0.0295. The third kappa shape index (κ3) is 6.64. The Balaban J connectivity index is 1.90. The zero-order valence-electron chi connectivity index (χ0n) is 23.8. The second-order valence-corrected chi connectivity index (χ2v) is 11.9.